The lowest BCUT2D eigenvalue weighted by Gasteiger charge is -2.22. The molecular weight excluding hydrogens is 526 g/mol. The van der Waals surface area contributed by atoms with E-state index in [2.05, 4.69) is 20.9 Å². The molecule has 1 heterocycles. The van der Waals surface area contributed by atoms with Crippen LogP contribution in [0.2, 0.25) is 6.04 Å². The highest BCUT2D eigenvalue weighted by molar-refractivity contribution is 6.89. The van der Waals surface area contributed by atoms with Crippen molar-refractivity contribution in [2.45, 2.75) is 65.2 Å². The summed E-state index contributed by atoms with van der Waals surface area (Å²) in [6.45, 7) is 6.80. The number of anilines is 1. The van der Waals surface area contributed by atoms with Crippen molar-refractivity contribution >= 4 is 43.8 Å². The standard InChI is InChI=1S/C29H39N5O5Si/c1-4-24(26(36)27(37)30-17-22-12-14-23(15-13-22)34-16-8-11-25(34)35)32-29(39)40(19-20(2)3)33-28(38)31-18-21-9-6-5-7-10-21/h5-7,9-10,12-15,20,24,40H,4,8,11,16-19H2,1-3H3,(H,30,37)(H,32,39)(H2,31,33,38)/t24?,40-/m0/s1. The molecule has 0 spiro atoms. The molecule has 1 unspecified atom stereocenters. The quantitative estimate of drug-likeness (QED) is 0.219. The van der Waals surface area contributed by atoms with E-state index in [1.165, 1.54) is 0 Å². The van der Waals surface area contributed by atoms with Crippen LogP contribution in [0.5, 0.6) is 0 Å². The van der Waals surface area contributed by atoms with Gasteiger partial charge < -0.3 is 25.8 Å². The Balaban J connectivity index is 1.52. The summed E-state index contributed by atoms with van der Waals surface area (Å²) < 4.78 is 0. The van der Waals surface area contributed by atoms with E-state index < -0.39 is 32.7 Å². The zero-order chi connectivity index (χ0) is 29.1. The summed E-state index contributed by atoms with van der Waals surface area (Å²) >= 11 is 0. The Morgan fingerprint density at radius 3 is 2.17 bits per heavy atom. The molecular formula is C29H39N5O5Si. The van der Waals surface area contributed by atoms with Gasteiger partial charge in [-0.05, 0) is 48.1 Å². The van der Waals surface area contributed by atoms with E-state index in [1.807, 2.05) is 56.3 Å². The lowest BCUT2D eigenvalue weighted by molar-refractivity contribution is -0.139. The van der Waals surface area contributed by atoms with Crippen molar-refractivity contribution in [3.8, 4) is 0 Å². The van der Waals surface area contributed by atoms with Crippen molar-refractivity contribution in [1.82, 2.24) is 20.9 Å². The van der Waals surface area contributed by atoms with Gasteiger partial charge in [-0.1, -0.05) is 63.2 Å². The highest BCUT2D eigenvalue weighted by Gasteiger charge is 2.31. The minimum atomic E-state index is -2.52. The maximum atomic E-state index is 13.1. The Labute approximate surface area is 237 Å². The molecule has 2 aromatic carbocycles. The molecule has 1 saturated heterocycles. The number of ketones is 1. The van der Waals surface area contributed by atoms with Gasteiger partial charge in [0, 0.05) is 31.7 Å². The molecule has 1 aliphatic heterocycles. The Kier molecular flexibility index (Phi) is 11.4. The predicted molar refractivity (Wildman–Crippen MR) is 156 cm³/mol. The van der Waals surface area contributed by atoms with Crippen molar-refractivity contribution < 1.29 is 24.0 Å². The van der Waals surface area contributed by atoms with Gasteiger partial charge in [-0.2, -0.15) is 0 Å². The number of hydrogen-bond donors (Lipinski definition) is 4. The molecule has 0 bridgehead atoms. The number of nitrogens with zero attached hydrogens (tertiary/aromatic N) is 1. The molecule has 0 aromatic heterocycles. The second-order valence-corrected chi connectivity index (χ2v) is 12.7. The van der Waals surface area contributed by atoms with Crippen LogP contribution in [0, 0.1) is 5.92 Å². The molecule has 0 radical (unpaired) electrons. The number of amides is 5. The van der Waals surface area contributed by atoms with E-state index in [0.717, 1.165) is 23.2 Å². The number of nitrogens with one attached hydrogen (secondary N) is 4. The van der Waals surface area contributed by atoms with Gasteiger partial charge in [0.05, 0.1) is 6.04 Å². The Bertz CT molecular complexity index is 1190. The van der Waals surface area contributed by atoms with Crippen LogP contribution < -0.4 is 25.8 Å². The normalized spacial score (nSPS) is 14.4. The molecule has 10 nitrogen and oxygen atoms in total. The lowest BCUT2D eigenvalue weighted by Crippen LogP contribution is -2.57. The van der Waals surface area contributed by atoms with Gasteiger partial charge in [0.1, 0.15) is 0 Å². The van der Waals surface area contributed by atoms with E-state index in [0.29, 0.717) is 25.6 Å². The first-order valence-electron chi connectivity index (χ1n) is 13.8. The maximum absolute atomic E-state index is 13.1. The largest absolute Gasteiger partial charge is 0.358 e. The van der Waals surface area contributed by atoms with Crippen molar-refractivity contribution in [2.75, 3.05) is 11.4 Å². The molecule has 40 heavy (non-hydrogen) atoms. The SMILES string of the molecule is CCC(NC(=O)[Si@H](CC(C)C)NC(=O)NCc1ccccc1)C(=O)C(=O)NCc1ccc(N2CCCC2=O)cc1. The Morgan fingerprint density at radius 2 is 1.57 bits per heavy atom. The zero-order valence-corrected chi connectivity index (χ0v) is 24.5. The van der Waals surface area contributed by atoms with Crippen LogP contribution in [0.25, 0.3) is 0 Å². The molecule has 4 N–H and O–H groups in total. The topological polar surface area (TPSA) is 137 Å². The minimum absolute atomic E-state index is 0.0982. The third kappa shape index (κ3) is 9.04. The molecule has 2 aromatic rings. The van der Waals surface area contributed by atoms with Crippen LogP contribution in [0.3, 0.4) is 0 Å². The smallest absolute Gasteiger partial charge is 0.307 e. The van der Waals surface area contributed by atoms with E-state index in [1.54, 1.807) is 24.0 Å². The van der Waals surface area contributed by atoms with Crippen LogP contribution in [0.1, 0.15) is 51.2 Å². The third-order valence-electron chi connectivity index (χ3n) is 6.66. The van der Waals surface area contributed by atoms with Gasteiger partial charge in [0.15, 0.2) is 0 Å². The molecule has 0 aliphatic carbocycles. The van der Waals surface area contributed by atoms with Crippen molar-refractivity contribution in [3.05, 3.63) is 65.7 Å². The number of carbonyl (C=O) groups excluding carboxylic acids is 5. The van der Waals surface area contributed by atoms with Crippen LogP contribution >= 0.6 is 0 Å². The molecule has 3 rings (SSSR count). The number of carbonyl (C=O) groups is 5. The van der Waals surface area contributed by atoms with Gasteiger partial charge in [0.2, 0.25) is 26.2 Å². The molecule has 1 aliphatic rings. The van der Waals surface area contributed by atoms with Crippen molar-refractivity contribution in [1.29, 1.82) is 0 Å². The van der Waals surface area contributed by atoms with Gasteiger partial charge in [-0.25, -0.2) is 4.79 Å². The summed E-state index contributed by atoms with van der Waals surface area (Å²) in [5.41, 5.74) is 2.14. The number of hydrogen-bond acceptors (Lipinski definition) is 5. The van der Waals surface area contributed by atoms with E-state index in [4.69, 9.17) is 0 Å². The van der Waals surface area contributed by atoms with Crippen LogP contribution in [-0.2, 0) is 27.5 Å². The van der Waals surface area contributed by atoms with Crippen LogP contribution in [0.15, 0.2) is 54.6 Å². The first kappa shape index (κ1) is 30.5. The molecule has 5 amide bonds. The molecule has 0 saturated carbocycles. The summed E-state index contributed by atoms with van der Waals surface area (Å²) in [7, 11) is -2.52. The second kappa shape index (κ2) is 15.0. The summed E-state index contributed by atoms with van der Waals surface area (Å²) in [6, 6.07) is 15.8. The number of Topliss-reactive ketones (excluding diaryl/α,β-unsaturated/α-hetero) is 1. The summed E-state index contributed by atoms with van der Waals surface area (Å²) in [5, 5.41) is 8.10. The average Bonchev–Trinajstić information content (AvgIpc) is 3.38. The van der Waals surface area contributed by atoms with E-state index in [-0.39, 0.29) is 30.3 Å². The molecule has 2 atom stereocenters. The first-order chi connectivity index (χ1) is 19.2. The molecule has 11 heteroatoms. The molecule has 214 valence electrons. The van der Waals surface area contributed by atoms with Crippen molar-refractivity contribution in [2.24, 2.45) is 5.92 Å². The van der Waals surface area contributed by atoms with Crippen LogP contribution in [0.4, 0.5) is 15.3 Å². The van der Waals surface area contributed by atoms with Crippen LogP contribution in [-0.4, -0.2) is 50.7 Å². The van der Waals surface area contributed by atoms with Gasteiger partial charge in [-0.15, -0.1) is 0 Å². The van der Waals surface area contributed by atoms with Gasteiger partial charge in [0.25, 0.3) is 5.91 Å². The fourth-order valence-corrected chi connectivity index (χ4v) is 6.69. The number of benzene rings is 2. The summed E-state index contributed by atoms with van der Waals surface area (Å²) in [4.78, 5) is 67.6. The average molecular weight is 566 g/mol. The van der Waals surface area contributed by atoms with E-state index >= 15 is 0 Å². The number of rotatable bonds is 13. The minimum Gasteiger partial charge on any atom is -0.358 e. The first-order valence-corrected chi connectivity index (χ1v) is 15.7. The summed E-state index contributed by atoms with van der Waals surface area (Å²) in [6.07, 6.45) is 1.62. The van der Waals surface area contributed by atoms with E-state index in [9.17, 15) is 24.0 Å². The lowest BCUT2D eigenvalue weighted by atomic mass is 10.1. The Hall–Kier alpha value is -3.99. The monoisotopic (exact) mass is 565 g/mol. The third-order valence-corrected chi connectivity index (χ3v) is 9.49. The van der Waals surface area contributed by atoms with Crippen molar-refractivity contribution in [3.63, 3.8) is 0 Å². The summed E-state index contributed by atoms with van der Waals surface area (Å²) in [5.74, 6) is -1.27. The highest BCUT2D eigenvalue weighted by atomic mass is 28.3. The fraction of sp³-hybridized carbons (Fsp3) is 0.414. The second-order valence-electron chi connectivity index (χ2n) is 10.3. The van der Waals surface area contributed by atoms with Gasteiger partial charge in [-0.3, -0.25) is 19.2 Å². The number of urea groups is 1. The fourth-order valence-electron chi connectivity index (χ4n) is 4.46. The zero-order valence-electron chi connectivity index (χ0n) is 23.4. The Morgan fingerprint density at radius 1 is 0.925 bits per heavy atom. The van der Waals surface area contributed by atoms with Gasteiger partial charge >= 0.3 is 6.03 Å². The highest BCUT2D eigenvalue weighted by Crippen LogP contribution is 2.21. The molecule has 1 fully saturated rings. The predicted octanol–water partition coefficient (Wildman–Crippen LogP) is 2.95. The maximum Gasteiger partial charge on any atom is 0.307 e.